The Bertz CT molecular complexity index is 568. The van der Waals surface area contributed by atoms with Gasteiger partial charge >= 0.3 is 0 Å². The monoisotopic (exact) mass is 277 g/mol. The molecule has 2 rings (SSSR count). The van der Waals surface area contributed by atoms with Gasteiger partial charge in [-0.1, -0.05) is 41.9 Å². The molecule has 0 saturated carbocycles. The largest absolute Gasteiger partial charge is 0.324 e. The van der Waals surface area contributed by atoms with Crippen LogP contribution in [0, 0.1) is 12.7 Å². The van der Waals surface area contributed by atoms with Crippen molar-refractivity contribution in [2.45, 2.75) is 25.8 Å². The van der Waals surface area contributed by atoms with Gasteiger partial charge in [0.25, 0.3) is 0 Å². The third kappa shape index (κ3) is 3.55. The molecular formula is C16H17ClFN. The molecule has 0 bridgehead atoms. The molecule has 1 unspecified atom stereocenters. The van der Waals surface area contributed by atoms with Crippen LogP contribution in [-0.4, -0.2) is 0 Å². The van der Waals surface area contributed by atoms with Crippen LogP contribution in [0.25, 0.3) is 0 Å². The highest BCUT2D eigenvalue weighted by molar-refractivity contribution is 6.30. The van der Waals surface area contributed by atoms with Crippen molar-refractivity contribution in [3.8, 4) is 0 Å². The first kappa shape index (κ1) is 14.0. The average Bonchev–Trinajstić information content (AvgIpc) is 2.37. The number of benzene rings is 2. The molecule has 3 heteroatoms. The quantitative estimate of drug-likeness (QED) is 0.879. The number of hydrogen-bond donors (Lipinski definition) is 1. The Morgan fingerprint density at radius 1 is 1.21 bits per heavy atom. The average molecular weight is 278 g/mol. The van der Waals surface area contributed by atoms with E-state index in [9.17, 15) is 4.39 Å². The summed E-state index contributed by atoms with van der Waals surface area (Å²) in [5.74, 6) is -0.329. The van der Waals surface area contributed by atoms with E-state index in [4.69, 9.17) is 17.3 Å². The maximum absolute atomic E-state index is 13.7. The van der Waals surface area contributed by atoms with Crippen LogP contribution in [0.2, 0.25) is 5.02 Å². The highest BCUT2D eigenvalue weighted by Gasteiger charge is 2.12. The fourth-order valence-corrected chi connectivity index (χ4v) is 2.32. The molecule has 0 aliphatic heterocycles. The Balaban J connectivity index is 2.05. The molecule has 100 valence electrons. The van der Waals surface area contributed by atoms with Crippen molar-refractivity contribution >= 4 is 11.6 Å². The van der Waals surface area contributed by atoms with Crippen LogP contribution in [0.3, 0.4) is 0 Å². The van der Waals surface area contributed by atoms with Gasteiger partial charge in [-0.15, -0.1) is 0 Å². The Morgan fingerprint density at radius 3 is 2.63 bits per heavy atom. The topological polar surface area (TPSA) is 26.0 Å². The molecule has 1 nitrogen and oxygen atoms in total. The Labute approximate surface area is 118 Å². The first-order valence-electron chi connectivity index (χ1n) is 6.33. The zero-order chi connectivity index (χ0) is 13.8. The van der Waals surface area contributed by atoms with Gasteiger partial charge in [0.05, 0.1) is 0 Å². The van der Waals surface area contributed by atoms with Crippen molar-refractivity contribution in [1.82, 2.24) is 0 Å². The van der Waals surface area contributed by atoms with Crippen molar-refractivity contribution in [2.75, 3.05) is 0 Å². The fourth-order valence-electron chi connectivity index (χ4n) is 2.16. The molecule has 0 aliphatic rings. The first-order valence-corrected chi connectivity index (χ1v) is 6.71. The SMILES string of the molecule is Cc1ccccc1CCC(N)c1ccc(Cl)cc1F. The second-order valence-corrected chi connectivity index (χ2v) is 5.17. The van der Waals surface area contributed by atoms with Gasteiger partial charge in [-0.3, -0.25) is 0 Å². The van der Waals surface area contributed by atoms with Crippen LogP contribution in [0.4, 0.5) is 4.39 Å². The van der Waals surface area contributed by atoms with Crippen molar-refractivity contribution in [1.29, 1.82) is 0 Å². The van der Waals surface area contributed by atoms with Crippen LogP contribution < -0.4 is 5.73 Å². The van der Waals surface area contributed by atoms with Gasteiger partial charge in [0.2, 0.25) is 0 Å². The maximum atomic E-state index is 13.7. The number of hydrogen-bond acceptors (Lipinski definition) is 1. The lowest BCUT2D eigenvalue weighted by Gasteiger charge is -2.14. The fraction of sp³-hybridized carbons (Fsp3) is 0.250. The second-order valence-electron chi connectivity index (χ2n) is 4.74. The minimum Gasteiger partial charge on any atom is -0.324 e. The molecule has 2 N–H and O–H groups in total. The third-order valence-corrected chi connectivity index (χ3v) is 3.58. The highest BCUT2D eigenvalue weighted by Crippen LogP contribution is 2.23. The van der Waals surface area contributed by atoms with Gasteiger partial charge in [-0.2, -0.15) is 0 Å². The Hall–Kier alpha value is -1.38. The van der Waals surface area contributed by atoms with Crippen molar-refractivity contribution in [2.24, 2.45) is 5.73 Å². The molecule has 0 heterocycles. The summed E-state index contributed by atoms with van der Waals surface area (Å²) in [7, 11) is 0. The molecule has 1 atom stereocenters. The van der Waals surface area contributed by atoms with E-state index in [1.54, 1.807) is 12.1 Å². The zero-order valence-electron chi connectivity index (χ0n) is 10.9. The summed E-state index contributed by atoms with van der Waals surface area (Å²) in [5.41, 5.74) is 9.09. The maximum Gasteiger partial charge on any atom is 0.129 e. The van der Waals surface area contributed by atoms with Crippen LogP contribution in [0.5, 0.6) is 0 Å². The number of halogens is 2. The van der Waals surface area contributed by atoms with Gasteiger partial charge < -0.3 is 5.73 Å². The standard InChI is InChI=1S/C16H17ClFN/c1-11-4-2-3-5-12(11)6-9-16(19)14-8-7-13(17)10-15(14)18/h2-5,7-8,10,16H,6,9,19H2,1H3. The van der Waals surface area contributed by atoms with Crippen LogP contribution in [0.15, 0.2) is 42.5 Å². The summed E-state index contributed by atoms with van der Waals surface area (Å²) < 4.78 is 13.7. The van der Waals surface area contributed by atoms with Gasteiger partial charge in [0.1, 0.15) is 5.82 Å². The molecule has 0 radical (unpaired) electrons. The molecular weight excluding hydrogens is 261 g/mol. The summed E-state index contributed by atoms with van der Waals surface area (Å²) in [6.45, 7) is 2.07. The molecule has 0 amide bonds. The summed E-state index contributed by atoms with van der Waals surface area (Å²) >= 11 is 5.73. The van der Waals surface area contributed by atoms with Crippen molar-refractivity contribution < 1.29 is 4.39 Å². The number of rotatable bonds is 4. The molecule has 0 spiro atoms. The zero-order valence-corrected chi connectivity index (χ0v) is 11.6. The van der Waals surface area contributed by atoms with E-state index in [2.05, 4.69) is 19.1 Å². The molecule has 2 aromatic carbocycles. The van der Waals surface area contributed by atoms with Gasteiger partial charge in [-0.25, -0.2) is 4.39 Å². The molecule has 0 aliphatic carbocycles. The Kier molecular flexibility index (Phi) is 4.56. The van der Waals surface area contributed by atoms with Gasteiger partial charge in [0.15, 0.2) is 0 Å². The summed E-state index contributed by atoms with van der Waals surface area (Å²) in [6, 6.07) is 12.5. The predicted octanol–water partition coefficient (Wildman–Crippen LogP) is 4.42. The van der Waals surface area contributed by atoms with E-state index >= 15 is 0 Å². The minimum atomic E-state index is -0.329. The normalized spacial score (nSPS) is 12.4. The van der Waals surface area contributed by atoms with Gasteiger partial charge in [0, 0.05) is 16.6 Å². The lowest BCUT2D eigenvalue weighted by molar-refractivity contribution is 0.563. The van der Waals surface area contributed by atoms with Gasteiger partial charge in [-0.05, 0) is 43.0 Å². The van der Waals surface area contributed by atoms with E-state index < -0.39 is 0 Å². The molecule has 0 fully saturated rings. The molecule has 2 aromatic rings. The lowest BCUT2D eigenvalue weighted by Crippen LogP contribution is -2.13. The first-order chi connectivity index (χ1) is 9.08. The lowest BCUT2D eigenvalue weighted by atomic mass is 9.97. The molecule has 0 saturated heterocycles. The second kappa shape index (κ2) is 6.18. The summed E-state index contributed by atoms with van der Waals surface area (Å²) in [4.78, 5) is 0. The minimum absolute atomic E-state index is 0.308. The van der Waals surface area contributed by atoms with E-state index in [-0.39, 0.29) is 11.9 Å². The van der Waals surface area contributed by atoms with Crippen molar-refractivity contribution in [3.63, 3.8) is 0 Å². The Morgan fingerprint density at radius 2 is 1.95 bits per heavy atom. The number of aryl methyl sites for hydroxylation is 2. The third-order valence-electron chi connectivity index (χ3n) is 3.35. The predicted molar refractivity (Wildman–Crippen MR) is 77.8 cm³/mol. The van der Waals surface area contributed by atoms with Crippen LogP contribution >= 0.6 is 11.6 Å². The van der Waals surface area contributed by atoms with E-state index in [1.165, 1.54) is 17.2 Å². The highest BCUT2D eigenvalue weighted by atomic mass is 35.5. The van der Waals surface area contributed by atoms with Crippen LogP contribution in [-0.2, 0) is 6.42 Å². The summed E-state index contributed by atoms with van der Waals surface area (Å²) in [6.07, 6.45) is 1.55. The summed E-state index contributed by atoms with van der Waals surface area (Å²) in [5, 5.41) is 0.396. The van der Waals surface area contributed by atoms with E-state index in [0.29, 0.717) is 17.0 Å². The van der Waals surface area contributed by atoms with Crippen molar-refractivity contribution in [3.05, 3.63) is 70.0 Å². The van der Waals surface area contributed by atoms with E-state index in [0.717, 1.165) is 6.42 Å². The van der Waals surface area contributed by atoms with E-state index in [1.807, 2.05) is 12.1 Å². The number of nitrogens with two attached hydrogens (primary N) is 1. The van der Waals surface area contributed by atoms with Crippen LogP contribution in [0.1, 0.15) is 29.2 Å². The molecule has 19 heavy (non-hydrogen) atoms. The molecule has 0 aromatic heterocycles. The smallest absolute Gasteiger partial charge is 0.129 e.